The van der Waals surface area contributed by atoms with Crippen molar-refractivity contribution in [1.82, 2.24) is 4.90 Å². The van der Waals surface area contributed by atoms with Crippen molar-refractivity contribution in [2.45, 2.75) is 13.5 Å². The molecule has 102 valence electrons. The lowest BCUT2D eigenvalue weighted by Crippen LogP contribution is -2.24. The molecule has 0 saturated carbocycles. The predicted octanol–water partition coefficient (Wildman–Crippen LogP) is 0.763. The lowest BCUT2D eigenvalue weighted by atomic mass is 10.2. The van der Waals surface area contributed by atoms with Crippen LogP contribution in [0, 0.1) is 6.92 Å². The number of nitrogens with zero attached hydrogens (tertiary/aromatic N) is 1. The van der Waals surface area contributed by atoms with Crippen LogP contribution in [0.15, 0.2) is 10.5 Å². The lowest BCUT2D eigenvalue weighted by Gasteiger charge is -2.13. The quantitative estimate of drug-likeness (QED) is 0.824. The Morgan fingerprint density at radius 1 is 1.50 bits per heavy atom. The van der Waals surface area contributed by atoms with Gasteiger partial charge in [0.15, 0.2) is 0 Å². The Hall–Kier alpha value is -1.34. The molecule has 0 saturated heterocycles. The molecule has 1 N–H and O–H groups in total. The van der Waals surface area contributed by atoms with Gasteiger partial charge in [-0.15, -0.1) is 0 Å². The summed E-state index contributed by atoms with van der Waals surface area (Å²) in [6.45, 7) is 2.34. The Morgan fingerprint density at radius 3 is 2.56 bits per heavy atom. The molecule has 0 aliphatic rings. The zero-order valence-corrected chi connectivity index (χ0v) is 11.5. The molecular formula is C11H17NO5S. The van der Waals surface area contributed by atoms with Gasteiger partial charge in [-0.2, -0.15) is 0 Å². The van der Waals surface area contributed by atoms with Gasteiger partial charge in [0.1, 0.15) is 26.9 Å². The van der Waals surface area contributed by atoms with E-state index in [0.717, 1.165) is 0 Å². The molecule has 0 radical (unpaired) electrons. The van der Waals surface area contributed by atoms with E-state index in [9.17, 15) is 13.2 Å². The Bertz CT molecular complexity index is 532. The van der Waals surface area contributed by atoms with E-state index in [1.807, 2.05) is 0 Å². The number of sulfone groups is 1. The second-order valence-electron chi connectivity index (χ2n) is 4.36. The first kappa shape index (κ1) is 14.7. The molecule has 1 rings (SSSR count). The number of carboxylic acid groups (broad SMARTS) is 1. The summed E-state index contributed by atoms with van der Waals surface area (Å²) in [5.74, 6) is -0.0918. The molecule has 6 nitrogen and oxygen atoms in total. The molecule has 0 amide bonds. The van der Waals surface area contributed by atoms with E-state index in [2.05, 4.69) is 0 Å². The lowest BCUT2D eigenvalue weighted by molar-refractivity contribution is 0.0695. The van der Waals surface area contributed by atoms with Crippen molar-refractivity contribution in [2.75, 3.05) is 25.6 Å². The normalized spacial score (nSPS) is 12.0. The minimum Gasteiger partial charge on any atom is -0.478 e. The van der Waals surface area contributed by atoms with E-state index in [4.69, 9.17) is 9.52 Å². The highest BCUT2D eigenvalue weighted by Crippen LogP contribution is 2.15. The molecule has 0 aliphatic carbocycles. The molecule has 1 heterocycles. The first-order valence-electron chi connectivity index (χ1n) is 5.38. The van der Waals surface area contributed by atoms with Gasteiger partial charge in [-0.25, -0.2) is 13.2 Å². The van der Waals surface area contributed by atoms with Crippen molar-refractivity contribution in [3.8, 4) is 0 Å². The van der Waals surface area contributed by atoms with Gasteiger partial charge in [-0.05, 0) is 20.0 Å². The number of furan rings is 1. The zero-order chi connectivity index (χ0) is 13.9. The van der Waals surface area contributed by atoms with Crippen LogP contribution >= 0.6 is 0 Å². The van der Waals surface area contributed by atoms with Gasteiger partial charge in [0.25, 0.3) is 0 Å². The van der Waals surface area contributed by atoms with Gasteiger partial charge in [0.05, 0.1) is 12.3 Å². The number of hydrogen-bond donors (Lipinski definition) is 1. The Balaban J connectivity index is 2.62. The molecule has 0 aliphatic heterocycles. The molecule has 0 aromatic carbocycles. The molecule has 0 spiro atoms. The molecule has 0 bridgehead atoms. The number of rotatable bonds is 6. The topological polar surface area (TPSA) is 87.8 Å². The first-order chi connectivity index (χ1) is 8.19. The fourth-order valence-corrected chi connectivity index (χ4v) is 2.14. The number of hydrogen-bond acceptors (Lipinski definition) is 5. The smallest absolute Gasteiger partial charge is 0.339 e. The highest BCUT2D eigenvalue weighted by atomic mass is 32.2. The second-order valence-corrected chi connectivity index (χ2v) is 6.62. The van der Waals surface area contributed by atoms with Crippen LogP contribution in [0.25, 0.3) is 0 Å². The minimum absolute atomic E-state index is 0.0645. The maximum absolute atomic E-state index is 11.0. The van der Waals surface area contributed by atoms with E-state index in [1.165, 1.54) is 12.3 Å². The summed E-state index contributed by atoms with van der Waals surface area (Å²) < 4.78 is 27.3. The van der Waals surface area contributed by atoms with Crippen molar-refractivity contribution in [3.05, 3.63) is 23.2 Å². The maximum atomic E-state index is 11.0. The molecule has 1 aromatic rings. The highest BCUT2D eigenvalue weighted by Gasteiger charge is 2.15. The SMILES string of the molecule is Cc1oc(CN(C)CCS(C)(=O)=O)cc1C(=O)O. The third kappa shape index (κ3) is 4.50. The van der Waals surface area contributed by atoms with Crippen LogP contribution in [-0.4, -0.2) is 50.0 Å². The van der Waals surface area contributed by atoms with Crippen molar-refractivity contribution in [1.29, 1.82) is 0 Å². The van der Waals surface area contributed by atoms with Crippen LogP contribution < -0.4 is 0 Å². The summed E-state index contributed by atoms with van der Waals surface area (Å²) in [7, 11) is -1.24. The van der Waals surface area contributed by atoms with Crippen LogP contribution in [0.1, 0.15) is 21.9 Å². The highest BCUT2D eigenvalue weighted by molar-refractivity contribution is 7.90. The molecular weight excluding hydrogens is 258 g/mol. The van der Waals surface area contributed by atoms with Crippen molar-refractivity contribution in [2.24, 2.45) is 0 Å². The Morgan fingerprint density at radius 2 is 2.11 bits per heavy atom. The average molecular weight is 275 g/mol. The predicted molar refractivity (Wildman–Crippen MR) is 66.4 cm³/mol. The van der Waals surface area contributed by atoms with Gasteiger partial charge in [0.2, 0.25) is 0 Å². The minimum atomic E-state index is -2.99. The second kappa shape index (κ2) is 5.53. The fraction of sp³-hybridized carbons (Fsp3) is 0.545. The number of carbonyl (C=O) groups is 1. The van der Waals surface area contributed by atoms with Crippen LogP contribution in [0.5, 0.6) is 0 Å². The number of aryl methyl sites for hydroxylation is 1. The summed E-state index contributed by atoms with van der Waals surface area (Å²) in [5, 5.41) is 8.87. The molecule has 1 aromatic heterocycles. The molecule has 18 heavy (non-hydrogen) atoms. The number of aromatic carboxylic acids is 1. The summed E-state index contributed by atoms with van der Waals surface area (Å²) in [5.41, 5.74) is 0.140. The summed E-state index contributed by atoms with van der Waals surface area (Å²) >= 11 is 0. The summed E-state index contributed by atoms with van der Waals surface area (Å²) in [6, 6.07) is 1.47. The van der Waals surface area contributed by atoms with Crippen molar-refractivity contribution < 1.29 is 22.7 Å². The Kier molecular flexibility index (Phi) is 4.53. The summed E-state index contributed by atoms with van der Waals surface area (Å²) in [6.07, 6.45) is 1.18. The van der Waals surface area contributed by atoms with Gasteiger partial charge >= 0.3 is 5.97 Å². The van der Waals surface area contributed by atoms with Gasteiger partial charge in [0, 0.05) is 12.8 Å². The number of carboxylic acids is 1. The van der Waals surface area contributed by atoms with E-state index in [0.29, 0.717) is 24.6 Å². The molecule has 0 fully saturated rings. The summed E-state index contributed by atoms with van der Waals surface area (Å²) in [4.78, 5) is 12.6. The monoisotopic (exact) mass is 275 g/mol. The standard InChI is InChI=1S/C11H17NO5S/c1-8-10(11(13)14)6-9(17-8)7-12(2)4-5-18(3,15)16/h6H,4-5,7H2,1-3H3,(H,13,14). The zero-order valence-electron chi connectivity index (χ0n) is 10.6. The van der Waals surface area contributed by atoms with Gasteiger partial charge in [-0.1, -0.05) is 0 Å². The van der Waals surface area contributed by atoms with Crippen LogP contribution in [0.3, 0.4) is 0 Å². The average Bonchev–Trinajstić information content (AvgIpc) is 2.55. The van der Waals surface area contributed by atoms with Gasteiger partial charge in [-0.3, -0.25) is 4.90 Å². The first-order valence-corrected chi connectivity index (χ1v) is 7.44. The fourth-order valence-electron chi connectivity index (χ4n) is 1.50. The Labute approximate surface area is 106 Å². The van der Waals surface area contributed by atoms with Crippen molar-refractivity contribution >= 4 is 15.8 Å². The maximum Gasteiger partial charge on any atom is 0.339 e. The largest absolute Gasteiger partial charge is 0.478 e. The van der Waals surface area contributed by atoms with Crippen molar-refractivity contribution in [3.63, 3.8) is 0 Å². The van der Waals surface area contributed by atoms with Crippen LogP contribution in [0.2, 0.25) is 0 Å². The van der Waals surface area contributed by atoms with E-state index >= 15 is 0 Å². The van der Waals surface area contributed by atoms with E-state index in [-0.39, 0.29) is 11.3 Å². The van der Waals surface area contributed by atoms with E-state index < -0.39 is 15.8 Å². The molecule has 0 unspecified atom stereocenters. The third-order valence-corrected chi connectivity index (χ3v) is 3.39. The van der Waals surface area contributed by atoms with Crippen LogP contribution in [0.4, 0.5) is 0 Å². The molecule has 0 atom stereocenters. The third-order valence-electron chi connectivity index (χ3n) is 2.47. The van der Waals surface area contributed by atoms with Gasteiger partial charge < -0.3 is 9.52 Å². The molecule has 7 heteroatoms. The van der Waals surface area contributed by atoms with Crippen LogP contribution in [-0.2, 0) is 16.4 Å². The van der Waals surface area contributed by atoms with E-state index in [1.54, 1.807) is 18.9 Å².